The summed E-state index contributed by atoms with van der Waals surface area (Å²) in [5.74, 6) is -0.381. The Hall–Kier alpha value is -1.41. The fraction of sp³-hybridized carbons (Fsp3) is 0.667. The molecule has 1 aromatic rings. The van der Waals surface area contributed by atoms with Crippen LogP contribution < -0.4 is 0 Å². The minimum atomic E-state index is -3.76. The molecule has 0 spiro atoms. The van der Waals surface area contributed by atoms with E-state index in [1.165, 1.54) is 10.5 Å². The minimum absolute atomic E-state index is 0.0430. The number of nitrogens with one attached hydrogen (secondary N) is 1. The van der Waals surface area contributed by atoms with Gasteiger partial charge in [0.05, 0.1) is 12.8 Å². The van der Waals surface area contributed by atoms with Crippen LogP contribution in [-0.4, -0.2) is 48.1 Å². The Labute approximate surface area is 118 Å². The van der Waals surface area contributed by atoms with Gasteiger partial charge in [-0.3, -0.25) is 5.10 Å². The standard InChI is InChI=1S/C12H19N3O4S/c1-4-19-12(16)10-6-13-14-11(10)20(17,18)15-7-8(2)5-9(15)3/h6,8-9H,4-5,7H2,1-3H3,(H,13,14). The van der Waals surface area contributed by atoms with Gasteiger partial charge in [0.1, 0.15) is 5.56 Å². The Kier molecular flexibility index (Phi) is 4.14. The number of nitrogens with zero attached hydrogens (tertiary/aromatic N) is 2. The Morgan fingerprint density at radius 2 is 2.25 bits per heavy atom. The molecule has 2 atom stereocenters. The van der Waals surface area contributed by atoms with Crippen molar-refractivity contribution in [2.45, 2.75) is 38.3 Å². The number of H-pyrrole nitrogens is 1. The van der Waals surface area contributed by atoms with Crippen molar-refractivity contribution in [3.63, 3.8) is 0 Å². The van der Waals surface area contributed by atoms with Crippen molar-refractivity contribution >= 4 is 16.0 Å². The number of carbonyl (C=O) groups excluding carboxylic acids is 1. The molecule has 2 heterocycles. The Bertz CT molecular complexity index is 596. The maximum absolute atomic E-state index is 12.6. The molecule has 1 N–H and O–H groups in total. The van der Waals surface area contributed by atoms with Crippen LogP contribution in [0.25, 0.3) is 0 Å². The maximum atomic E-state index is 12.6. The number of aromatic amines is 1. The molecule has 1 aromatic heterocycles. The first-order valence-corrected chi connectivity index (χ1v) is 8.04. The van der Waals surface area contributed by atoms with Crippen molar-refractivity contribution in [1.29, 1.82) is 0 Å². The van der Waals surface area contributed by atoms with Gasteiger partial charge in [-0.1, -0.05) is 6.92 Å². The molecule has 112 valence electrons. The molecule has 1 fully saturated rings. The van der Waals surface area contributed by atoms with Gasteiger partial charge in [-0.25, -0.2) is 13.2 Å². The number of carbonyl (C=O) groups is 1. The van der Waals surface area contributed by atoms with Crippen LogP contribution in [0.3, 0.4) is 0 Å². The van der Waals surface area contributed by atoms with Gasteiger partial charge in [0.15, 0.2) is 5.03 Å². The fourth-order valence-corrected chi connectivity index (χ4v) is 4.37. The van der Waals surface area contributed by atoms with Gasteiger partial charge in [0.2, 0.25) is 0 Å². The van der Waals surface area contributed by atoms with E-state index in [2.05, 4.69) is 10.2 Å². The normalized spacial score (nSPS) is 23.9. The summed E-state index contributed by atoms with van der Waals surface area (Å²) in [5, 5.41) is 5.91. The van der Waals surface area contributed by atoms with Crippen molar-refractivity contribution in [2.24, 2.45) is 5.92 Å². The zero-order valence-electron chi connectivity index (χ0n) is 11.8. The number of esters is 1. The molecule has 1 aliphatic rings. The molecule has 1 aliphatic heterocycles. The first-order valence-electron chi connectivity index (χ1n) is 6.60. The quantitative estimate of drug-likeness (QED) is 0.838. The summed E-state index contributed by atoms with van der Waals surface area (Å²) in [6.45, 7) is 6.16. The van der Waals surface area contributed by atoms with E-state index in [4.69, 9.17) is 4.74 Å². The second kappa shape index (κ2) is 5.53. The third-order valence-electron chi connectivity index (χ3n) is 3.39. The van der Waals surface area contributed by atoms with E-state index in [0.29, 0.717) is 12.5 Å². The van der Waals surface area contributed by atoms with Crippen molar-refractivity contribution in [1.82, 2.24) is 14.5 Å². The highest BCUT2D eigenvalue weighted by Gasteiger charge is 2.39. The number of aromatic nitrogens is 2. The highest BCUT2D eigenvalue weighted by Crippen LogP contribution is 2.29. The van der Waals surface area contributed by atoms with E-state index in [0.717, 1.165) is 6.42 Å². The lowest BCUT2D eigenvalue weighted by Crippen LogP contribution is -2.35. The highest BCUT2D eigenvalue weighted by molar-refractivity contribution is 7.89. The van der Waals surface area contributed by atoms with Crippen molar-refractivity contribution in [2.75, 3.05) is 13.2 Å². The third-order valence-corrected chi connectivity index (χ3v) is 5.35. The molecule has 1 saturated heterocycles. The average molecular weight is 301 g/mol. The van der Waals surface area contributed by atoms with Crippen molar-refractivity contribution < 1.29 is 17.9 Å². The molecule has 0 bridgehead atoms. The minimum Gasteiger partial charge on any atom is -0.462 e. The molecule has 7 nitrogen and oxygen atoms in total. The van der Waals surface area contributed by atoms with Crippen molar-refractivity contribution in [3.8, 4) is 0 Å². The van der Waals surface area contributed by atoms with Crippen LogP contribution in [0.15, 0.2) is 11.2 Å². The predicted molar refractivity (Wildman–Crippen MR) is 71.7 cm³/mol. The lowest BCUT2D eigenvalue weighted by Gasteiger charge is -2.20. The molecule has 0 aromatic carbocycles. The van der Waals surface area contributed by atoms with Gasteiger partial charge in [-0.15, -0.1) is 0 Å². The second-order valence-corrected chi connectivity index (χ2v) is 6.93. The summed E-state index contributed by atoms with van der Waals surface area (Å²) in [5.41, 5.74) is -0.0430. The van der Waals surface area contributed by atoms with Crippen LogP contribution in [0.2, 0.25) is 0 Å². The van der Waals surface area contributed by atoms with E-state index in [-0.39, 0.29) is 23.2 Å². The second-order valence-electron chi connectivity index (χ2n) is 5.10. The van der Waals surface area contributed by atoms with Gasteiger partial charge >= 0.3 is 5.97 Å². The van der Waals surface area contributed by atoms with Crippen LogP contribution in [0, 0.1) is 5.92 Å². The summed E-state index contributed by atoms with van der Waals surface area (Å²) in [6, 6.07) is -0.0895. The zero-order valence-corrected chi connectivity index (χ0v) is 12.6. The number of sulfonamides is 1. The van der Waals surface area contributed by atoms with Gasteiger partial charge in [-0.05, 0) is 26.2 Å². The fourth-order valence-electron chi connectivity index (χ4n) is 2.54. The summed E-state index contributed by atoms with van der Waals surface area (Å²) in [6.07, 6.45) is 2.00. The first-order chi connectivity index (χ1) is 9.37. The molecular weight excluding hydrogens is 282 g/mol. The first kappa shape index (κ1) is 15.0. The molecular formula is C12H19N3O4S. The van der Waals surface area contributed by atoms with E-state index in [1.54, 1.807) is 6.92 Å². The maximum Gasteiger partial charge on any atom is 0.342 e. The molecule has 0 radical (unpaired) electrons. The molecule has 0 aliphatic carbocycles. The Morgan fingerprint density at radius 3 is 2.80 bits per heavy atom. The van der Waals surface area contributed by atoms with Crippen LogP contribution in [0.4, 0.5) is 0 Å². The Balaban J connectivity index is 2.36. The summed E-state index contributed by atoms with van der Waals surface area (Å²) in [7, 11) is -3.76. The van der Waals surface area contributed by atoms with Crippen LogP contribution in [-0.2, 0) is 14.8 Å². The van der Waals surface area contributed by atoms with Gasteiger partial charge in [-0.2, -0.15) is 9.40 Å². The monoisotopic (exact) mass is 301 g/mol. The lowest BCUT2D eigenvalue weighted by atomic mass is 10.1. The predicted octanol–water partition coefficient (Wildman–Crippen LogP) is 1.01. The SMILES string of the molecule is CCOC(=O)c1cn[nH]c1S(=O)(=O)N1CC(C)CC1C. The number of rotatable bonds is 4. The van der Waals surface area contributed by atoms with Gasteiger partial charge in [0.25, 0.3) is 10.0 Å². The topological polar surface area (TPSA) is 92.4 Å². The smallest absolute Gasteiger partial charge is 0.342 e. The summed E-state index contributed by atoms with van der Waals surface area (Å²) in [4.78, 5) is 11.8. The summed E-state index contributed by atoms with van der Waals surface area (Å²) >= 11 is 0. The lowest BCUT2D eigenvalue weighted by molar-refractivity contribution is 0.0521. The van der Waals surface area contributed by atoms with Crippen molar-refractivity contribution in [3.05, 3.63) is 11.8 Å². The van der Waals surface area contributed by atoms with Crippen LogP contribution in [0.1, 0.15) is 37.6 Å². The van der Waals surface area contributed by atoms with E-state index >= 15 is 0 Å². The van der Waals surface area contributed by atoms with E-state index in [1.807, 2.05) is 13.8 Å². The van der Waals surface area contributed by atoms with E-state index in [9.17, 15) is 13.2 Å². The van der Waals surface area contributed by atoms with Gasteiger partial charge < -0.3 is 4.74 Å². The third kappa shape index (κ3) is 2.57. The highest BCUT2D eigenvalue weighted by atomic mass is 32.2. The molecule has 2 unspecified atom stereocenters. The van der Waals surface area contributed by atoms with Crippen LogP contribution >= 0.6 is 0 Å². The molecule has 0 amide bonds. The molecule has 8 heteroatoms. The van der Waals surface area contributed by atoms with Crippen LogP contribution in [0.5, 0.6) is 0 Å². The zero-order chi connectivity index (χ0) is 14.9. The largest absolute Gasteiger partial charge is 0.462 e. The van der Waals surface area contributed by atoms with E-state index < -0.39 is 16.0 Å². The number of ether oxygens (including phenoxy) is 1. The summed E-state index contributed by atoms with van der Waals surface area (Å²) < 4.78 is 31.5. The number of hydrogen-bond donors (Lipinski definition) is 1. The average Bonchev–Trinajstić information content (AvgIpc) is 2.96. The number of hydrogen-bond acceptors (Lipinski definition) is 5. The molecule has 0 saturated carbocycles. The molecule has 20 heavy (non-hydrogen) atoms. The molecule has 2 rings (SSSR count). The van der Waals surface area contributed by atoms with Gasteiger partial charge in [0, 0.05) is 12.6 Å². The Morgan fingerprint density at radius 1 is 1.55 bits per heavy atom.